The first kappa shape index (κ1) is 10.8. The van der Waals surface area contributed by atoms with Crippen LogP contribution in [0.2, 0.25) is 0 Å². The molecule has 0 aliphatic rings. The van der Waals surface area contributed by atoms with Gasteiger partial charge in [-0.3, -0.25) is 0 Å². The number of aryl methyl sites for hydroxylation is 4. The number of hydrogen-bond donors (Lipinski definition) is 0. The third-order valence-corrected chi connectivity index (χ3v) is 3.00. The number of fused-ring (bicyclic) bond motifs is 1. The summed E-state index contributed by atoms with van der Waals surface area (Å²) in [6.07, 6.45) is 3.58. The fraction of sp³-hybridized carbons (Fsp3) is 0.357. The summed E-state index contributed by atoms with van der Waals surface area (Å²) in [5, 5.41) is 9.96. The maximum absolute atomic E-state index is 8.66. The molecule has 0 saturated carbocycles. The molecule has 2 aromatic rings. The van der Waals surface area contributed by atoms with E-state index in [9.17, 15) is 0 Å². The van der Waals surface area contributed by atoms with Crippen molar-refractivity contribution in [2.24, 2.45) is 7.05 Å². The van der Waals surface area contributed by atoms with Crippen LogP contribution in [0.25, 0.3) is 10.9 Å². The quantitative estimate of drug-likeness (QED) is 0.751. The van der Waals surface area contributed by atoms with E-state index >= 15 is 0 Å². The highest BCUT2D eigenvalue weighted by molar-refractivity contribution is 5.87. The minimum atomic E-state index is 0.589. The zero-order valence-electron chi connectivity index (χ0n) is 10.0. The highest BCUT2D eigenvalue weighted by Crippen LogP contribution is 2.26. The van der Waals surface area contributed by atoms with E-state index in [2.05, 4.69) is 49.9 Å². The lowest BCUT2D eigenvalue weighted by atomic mass is 10.0. The average molecular weight is 212 g/mol. The molecule has 16 heavy (non-hydrogen) atoms. The summed E-state index contributed by atoms with van der Waals surface area (Å²) in [6.45, 7) is 4.26. The minimum Gasteiger partial charge on any atom is -0.350 e. The van der Waals surface area contributed by atoms with Crippen LogP contribution in [0.5, 0.6) is 0 Å². The van der Waals surface area contributed by atoms with Crippen LogP contribution >= 0.6 is 0 Å². The third-order valence-electron chi connectivity index (χ3n) is 3.00. The van der Waals surface area contributed by atoms with Gasteiger partial charge in [0.25, 0.3) is 0 Å². The maximum Gasteiger partial charge on any atom is 0.0625 e. The Bertz CT molecular complexity index is 570. The minimum absolute atomic E-state index is 0.589. The van der Waals surface area contributed by atoms with Gasteiger partial charge in [-0.15, -0.1) is 0 Å². The van der Waals surface area contributed by atoms with Crippen LogP contribution in [0, 0.1) is 25.2 Å². The molecule has 0 aliphatic carbocycles. The van der Waals surface area contributed by atoms with E-state index in [4.69, 9.17) is 5.26 Å². The van der Waals surface area contributed by atoms with Crippen LogP contribution in [0.1, 0.15) is 23.1 Å². The van der Waals surface area contributed by atoms with Crippen LogP contribution in [-0.2, 0) is 13.5 Å². The molecule has 1 aromatic heterocycles. The van der Waals surface area contributed by atoms with E-state index < -0.39 is 0 Å². The third kappa shape index (κ3) is 1.69. The van der Waals surface area contributed by atoms with Crippen molar-refractivity contribution in [2.75, 3.05) is 0 Å². The summed E-state index contributed by atoms with van der Waals surface area (Å²) in [5.74, 6) is 0. The second-order valence-electron chi connectivity index (χ2n) is 4.40. The van der Waals surface area contributed by atoms with E-state index in [0.717, 1.165) is 6.42 Å². The molecule has 82 valence electrons. The van der Waals surface area contributed by atoms with Crippen molar-refractivity contribution in [3.05, 3.63) is 35.0 Å². The Morgan fingerprint density at radius 3 is 2.75 bits per heavy atom. The molecule has 2 nitrogen and oxygen atoms in total. The Labute approximate surface area is 96.1 Å². The van der Waals surface area contributed by atoms with E-state index in [1.807, 2.05) is 0 Å². The molecule has 2 rings (SSSR count). The first-order valence-electron chi connectivity index (χ1n) is 5.55. The van der Waals surface area contributed by atoms with Crippen LogP contribution in [0.15, 0.2) is 18.3 Å². The standard InChI is InChI=1S/C14H16N2/c1-10-7-11(2)14-13(8-10)12(5-4-6-15)9-16(14)3/h7-9H,4-5H2,1-3H3. The molecule has 0 atom stereocenters. The fourth-order valence-corrected chi connectivity index (χ4v) is 2.43. The lowest BCUT2D eigenvalue weighted by molar-refractivity contribution is 0.937. The Hall–Kier alpha value is -1.75. The molecule has 1 heterocycles. The van der Waals surface area contributed by atoms with Crippen molar-refractivity contribution in [3.63, 3.8) is 0 Å². The molecular weight excluding hydrogens is 196 g/mol. The number of rotatable bonds is 2. The molecule has 1 aromatic carbocycles. The molecule has 0 aliphatic heterocycles. The normalized spacial score (nSPS) is 10.6. The van der Waals surface area contributed by atoms with Crippen molar-refractivity contribution in [2.45, 2.75) is 26.7 Å². The molecule has 0 bridgehead atoms. The summed E-state index contributed by atoms with van der Waals surface area (Å²) in [5.41, 5.74) is 5.17. The van der Waals surface area contributed by atoms with Crippen LogP contribution < -0.4 is 0 Å². The van der Waals surface area contributed by atoms with Gasteiger partial charge in [-0.2, -0.15) is 5.26 Å². The predicted molar refractivity (Wildman–Crippen MR) is 66.3 cm³/mol. The molecule has 0 radical (unpaired) electrons. The average Bonchev–Trinajstić information content (AvgIpc) is 2.52. The topological polar surface area (TPSA) is 28.7 Å². The number of nitriles is 1. The summed E-state index contributed by atoms with van der Waals surface area (Å²) in [7, 11) is 2.07. The first-order valence-corrected chi connectivity index (χ1v) is 5.55. The van der Waals surface area contributed by atoms with Crippen LogP contribution in [0.4, 0.5) is 0 Å². The van der Waals surface area contributed by atoms with Gasteiger partial charge >= 0.3 is 0 Å². The molecular formula is C14H16N2. The number of hydrogen-bond acceptors (Lipinski definition) is 1. The second kappa shape index (κ2) is 4.02. The van der Waals surface area contributed by atoms with E-state index in [1.54, 1.807) is 0 Å². The molecule has 0 saturated heterocycles. The van der Waals surface area contributed by atoms with Gasteiger partial charge in [0.15, 0.2) is 0 Å². The monoisotopic (exact) mass is 212 g/mol. The van der Waals surface area contributed by atoms with Gasteiger partial charge in [0.05, 0.1) is 11.6 Å². The van der Waals surface area contributed by atoms with Crippen molar-refractivity contribution in [1.29, 1.82) is 5.26 Å². The van der Waals surface area contributed by atoms with Gasteiger partial charge in [0.2, 0.25) is 0 Å². The number of nitrogens with zero attached hydrogens (tertiary/aromatic N) is 2. The smallest absolute Gasteiger partial charge is 0.0625 e. The molecule has 0 unspecified atom stereocenters. The van der Waals surface area contributed by atoms with Crippen molar-refractivity contribution >= 4 is 10.9 Å². The van der Waals surface area contributed by atoms with E-state index in [0.29, 0.717) is 6.42 Å². The van der Waals surface area contributed by atoms with E-state index in [-0.39, 0.29) is 0 Å². The van der Waals surface area contributed by atoms with Gasteiger partial charge < -0.3 is 4.57 Å². The zero-order chi connectivity index (χ0) is 11.7. The molecule has 0 spiro atoms. The Morgan fingerprint density at radius 2 is 2.06 bits per heavy atom. The largest absolute Gasteiger partial charge is 0.350 e. The van der Waals surface area contributed by atoms with Gasteiger partial charge in [-0.05, 0) is 37.5 Å². The SMILES string of the molecule is Cc1cc(C)c2c(c1)c(CCC#N)cn2C. The fourth-order valence-electron chi connectivity index (χ4n) is 2.43. The summed E-state index contributed by atoms with van der Waals surface area (Å²) in [4.78, 5) is 0. The molecule has 0 fully saturated rings. The summed E-state index contributed by atoms with van der Waals surface area (Å²) >= 11 is 0. The van der Waals surface area contributed by atoms with Crippen LogP contribution in [-0.4, -0.2) is 4.57 Å². The summed E-state index contributed by atoms with van der Waals surface area (Å²) < 4.78 is 2.16. The van der Waals surface area contributed by atoms with Gasteiger partial charge in [-0.1, -0.05) is 11.6 Å². The van der Waals surface area contributed by atoms with Crippen LogP contribution in [0.3, 0.4) is 0 Å². The first-order chi connectivity index (χ1) is 7.63. The maximum atomic E-state index is 8.66. The van der Waals surface area contributed by atoms with E-state index in [1.165, 1.54) is 27.6 Å². The number of benzene rings is 1. The summed E-state index contributed by atoms with van der Waals surface area (Å²) in [6, 6.07) is 6.63. The van der Waals surface area contributed by atoms with Crippen molar-refractivity contribution < 1.29 is 0 Å². The Balaban J connectivity index is 2.64. The predicted octanol–water partition coefficient (Wildman–Crippen LogP) is 3.25. The lowest BCUT2D eigenvalue weighted by Gasteiger charge is -2.03. The second-order valence-corrected chi connectivity index (χ2v) is 4.40. The Morgan fingerprint density at radius 1 is 1.31 bits per heavy atom. The molecule has 0 N–H and O–H groups in total. The van der Waals surface area contributed by atoms with Crippen molar-refractivity contribution in [1.82, 2.24) is 4.57 Å². The highest BCUT2D eigenvalue weighted by atomic mass is 14.9. The van der Waals surface area contributed by atoms with Gasteiger partial charge in [-0.25, -0.2) is 0 Å². The highest BCUT2D eigenvalue weighted by Gasteiger charge is 2.08. The number of aromatic nitrogens is 1. The molecule has 0 amide bonds. The van der Waals surface area contributed by atoms with Crippen molar-refractivity contribution in [3.8, 4) is 6.07 Å². The van der Waals surface area contributed by atoms with Gasteiger partial charge in [0, 0.05) is 25.1 Å². The lowest BCUT2D eigenvalue weighted by Crippen LogP contribution is -1.87. The Kier molecular flexibility index (Phi) is 2.70. The molecule has 2 heteroatoms. The van der Waals surface area contributed by atoms with Gasteiger partial charge in [0.1, 0.15) is 0 Å². The zero-order valence-corrected chi connectivity index (χ0v) is 10.0.